The van der Waals surface area contributed by atoms with Gasteiger partial charge >= 0.3 is 0 Å². The molecule has 1 saturated carbocycles. The minimum Gasteiger partial charge on any atom is -0.311 e. The second kappa shape index (κ2) is 6.80. The Kier molecular flexibility index (Phi) is 5.03. The fourth-order valence-electron chi connectivity index (χ4n) is 4.16. The molecule has 0 amide bonds. The second-order valence-electron chi connectivity index (χ2n) is 6.90. The van der Waals surface area contributed by atoms with Crippen LogP contribution in [0.4, 0.5) is 0 Å². The quantitative estimate of drug-likeness (QED) is 0.877. The summed E-state index contributed by atoms with van der Waals surface area (Å²) in [6.45, 7) is 8.19. The highest BCUT2D eigenvalue weighted by Gasteiger charge is 2.43. The fourth-order valence-corrected chi connectivity index (χ4v) is 5.13. The van der Waals surface area contributed by atoms with E-state index in [1.807, 2.05) is 11.3 Å². The molecule has 2 fully saturated rings. The highest BCUT2D eigenvalue weighted by molar-refractivity contribution is 7.11. The van der Waals surface area contributed by atoms with Crippen molar-refractivity contribution >= 4 is 11.3 Å². The third-order valence-corrected chi connectivity index (χ3v) is 6.63. The molecule has 1 unspecified atom stereocenters. The normalized spacial score (nSPS) is 25.7. The highest BCUT2D eigenvalue weighted by Crippen LogP contribution is 2.38. The first kappa shape index (κ1) is 15.5. The van der Waals surface area contributed by atoms with Crippen molar-refractivity contribution in [3.8, 4) is 0 Å². The van der Waals surface area contributed by atoms with Crippen LogP contribution in [0.2, 0.25) is 0 Å². The molecular formula is C18H30N2S. The van der Waals surface area contributed by atoms with Gasteiger partial charge in [-0.2, -0.15) is 0 Å². The molecule has 0 bridgehead atoms. The number of hydrogen-bond acceptors (Lipinski definition) is 3. The van der Waals surface area contributed by atoms with Crippen LogP contribution < -0.4 is 5.32 Å². The molecule has 1 aliphatic carbocycles. The molecule has 118 valence electrons. The molecule has 1 atom stereocenters. The summed E-state index contributed by atoms with van der Waals surface area (Å²) in [6.07, 6.45) is 9.41. The van der Waals surface area contributed by atoms with Gasteiger partial charge in [0.15, 0.2) is 0 Å². The summed E-state index contributed by atoms with van der Waals surface area (Å²) in [6, 6.07) is 5.39. The number of piperazine rings is 1. The van der Waals surface area contributed by atoms with Gasteiger partial charge in [-0.3, -0.25) is 4.90 Å². The number of rotatable bonds is 5. The van der Waals surface area contributed by atoms with E-state index in [9.17, 15) is 0 Å². The summed E-state index contributed by atoms with van der Waals surface area (Å²) in [5.74, 6) is 0. The van der Waals surface area contributed by atoms with Crippen LogP contribution in [0.25, 0.3) is 0 Å². The van der Waals surface area contributed by atoms with Crippen molar-refractivity contribution in [2.45, 2.75) is 76.9 Å². The van der Waals surface area contributed by atoms with Gasteiger partial charge in [-0.1, -0.05) is 33.1 Å². The molecule has 0 aromatic carbocycles. The van der Waals surface area contributed by atoms with Gasteiger partial charge in [-0.15, -0.1) is 11.3 Å². The van der Waals surface area contributed by atoms with Gasteiger partial charge in [0.05, 0.1) is 0 Å². The van der Waals surface area contributed by atoms with Crippen molar-refractivity contribution in [1.29, 1.82) is 0 Å². The van der Waals surface area contributed by atoms with Crippen molar-refractivity contribution in [2.24, 2.45) is 0 Å². The maximum atomic E-state index is 3.85. The molecular weight excluding hydrogens is 276 g/mol. The topological polar surface area (TPSA) is 15.3 Å². The molecule has 1 saturated heterocycles. The molecule has 1 N–H and O–H groups in total. The summed E-state index contributed by atoms with van der Waals surface area (Å²) < 4.78 is 0. The van der Waals surface area contributed by atoms with E-state index >= 15 is 0 Å². The predicted molar refractivity (Wildman–Crippen MR) is 92.0 cm³/mol. The average molecular weight is 307 g/mol. The molecule has 2 nitrogen and oxygen atoms in total. The number of thiophene rings is 1. The minimum atomic E-state index is 0.459. The van der Waals surface area contributed by atoms with E-state index in [4.69, 9.17) is 0 Å². The lowest BCUT2D eigenvalue weighted by atomic mass is 9.90. The van der Waals surface area contributed by atoms with Crippen LogP contribution in [-0.2, 0) is 13.0 Å². The Balaban J connectivity index is 1.73. The van der Waals surface area contributed by atoms with Crippen molar-refractivity contribution in [2.75, 3.05) is 13.1 Å². The van der Waals surface area contributed by atoms with Crippen molar-refractivity contribution in [3.05, 3.63) is 21.9 Å². The largest absolute Gasteiger partial charge is 0.311 e. The monoisotopic (exact) mass is 306 g/mol. The van der Waals surface area contributed by atoms with Crippen molar-refractivity contribution in [1.82, 2.24) is 10.2 Å². The summed E-state index contributed by atoms with van der Waals surface area (Å²) >= 11 is 2.02. The summed E-state index contributed by atoms with van der Waals surface area (Å²) in [5.41, 5.74) is 0.459. The molecule has 1 aromatic heterocycles. The number of aryl methyl sites for hydroxylation is 1. The van der Waals surface area contributed by atoms with E-state index in [0.29, 0.717) is 11.6 Å². The Morgan fingerprint density at radius 3 is 2.67 bits per heavy atom. The lowest BCUT2D eigenvalue weighted by Crippen LogP contribution is -2.63. The first-order valence-electron chi connectivity index (χ1n) is 8.82. The molecule has 21 heavy (non-hydrogen) atoms. The predicted octanol–water partition coefficient (Wildman–Crippen LogP) is 4.20. The van der Waals surface area contributed by atoms with E-state index in [0.717, 1.165) is 0 Å². The zero-order chi connectivity index (χ0) is 14.7. The molecule has 3 rings (SSSR count). The highest BCUT2D eigenvalue weighted by atomic mass is 32.1. The first-order valence-corrected chi connectivity index (χ1v) is 9.63. The Bertz CT molecular complexity index is 448. The van der Waals surface area contributed by atoms with Crippen LogP contribution in [0, 0.1) is 0 Å². The lowest BCUT2D eigenvalue weighted by Gasteiger charge is -2.48. The van der Waals surface area contributed by atoms with Crippen LogP contribution in [0.15, 0.2) is 12.1 Å². The molecule has 0 radical (unpaired) electrons. The molecule has 1 aliphatic heterocycles. The van der Waals surface area contributed by atoms with Crippen molar-refractivity contribution < 1.29 is 0 Å². The van der Waals surface area contributed by atoms with Gasteiger partial charge in [0.25, 0.3) is 0 Å². The van der Waals surface area contributed by atoms with Gasteiger partial charge in [0.1, 0.15) is 0 Å². The molecule has 3 heteroatoms. The number of nitrogens with zero attached hydrogens (tertiary/aromatic N) is 1. The Morgan fingerprint density at radius 1 is 1.24 bits per heavy atom. The zero-order valence-corrected chi connectivity index (χ0v) is 14.5. The number of hydrogen-bond donors (Lipinski definition) is 1. The number of nitrogens with one attached hydrogen (secondary N) is 1. The van der Waals surface area contributed by atoms with E-state index < -0.39 is 0 Å². The Labute approximate surface area is 133 Å². The van der Waals surface area contributed by atoms with Crippen LogP contribution in [0.1, 0.15) is 62.1 Å². The van der Waals surface area contributed by atoms with E-state index in [-0.39, 0.29) is 0 Å². The smallest absolute Gasteiger partial charge is 0.0338 e. The van der Waals surface area contributed by atoms with Crippen LogP contribution in [0.5, 0.6) is 0 Å². The second-order valence-corrected chi connectivity index (χ2v) is 8.15. The molecule has 1 aromatic rings. The van der Waals surface area contributed by atoms with Crippen LogP contribution in [0.3, 0.4) is 0 Å². The van der Waals surface area contributed by atoms with Crippen LogP contribution >= 0.6 is 11.3 Å². The van der Waals surface area contributed by atoms with Gasteiger partial charge in [0.2, 0.25) is 0 Å². The van der Waals surface area contributed by atoms with Crippen LogP contribution in [-0.4, -0.2) is 29.6 Å². The van der Waals surface area contributed by atoms with Gasteiger partial charge in [-0.25, -0.2) is 0 Å². The first-order chi connectivity index (χ1) is 10.3. The lowest BCUT2D eigenvalue weighted by molar-refractivity contribution is 0.0347. The fraction of sp³-hybridized carbons (Fsp3) is 0.778. The minimum absolute atomic E-state index is 0.459. The van der Waals surface area contributed by atoms with Gasteiger partial charge in [-0.05, 0) is 37.8 Å². The maximum absolute atomic E-state index is 3.85. The maximum Gasteiger partial charge on any atom is 0.0338 e. The Morgan fingerprint density at radius 2 is 2.00 bits per heavy atom. The standard InChI is InChI=1S/C18H30N2S/c1-3-7-15-12-20(13-17-9-8-16(4-2)21-17)18(14-19-15)10-5-6-11-18/h8-9,15,19H,3-7,10-14H2,1-2H3. The summed E-state index contributed by atoms with van der Waals surface area (Å²) in [4.78, 5) is 5.93. The third-order valence-electron chi connectivity index (χ3n) is 5.42. The molecule has 2 aliphatic rings. The van der Waals surface area contributed by atoms with Crippen molar-refractivity contribution in [3.63, 3.8) is 0 Å². The Hall–Kier alpha value is -0.380. The average Bonchev–Trinajstić information content (AvgIpc) is 3.13. The van der Waals surface area contributed by atoms with E-state index in [1.54, 1.807) is 4.88 Å². The van der Waals surface area contributed by atoms with E-state index in [1.165, 1.54) is 69.5 Å². The van der Waals surface area contributed by atoms with Gasteiger partial charge < -0.3 is 5.32 Å². The molecule has 1 spiro atoms. The zero-order valence-electron chi connectivity index (χ0n) is 13.7. The van der Waals surface area contributed by atoms with Gasteiger partial charge in [0, 0.05) is 41.0 Å². The third kappa shape index (κ3) is 3.35. The summed E-state index contributed by atoms with van der Waals surface area (Å²) in [5, 5.41) is 3.85. The molecule has 2 heterocycles. The summed E-state index contributed by atoms with van der Waals surface area (Å²) in [7, 11) is 0. The SMILES string of the molecule is CCCC1CN(Cc2ccc(CC)s2)C2(CCCC2)CN1. The van der Waals surface area contributed by atoms with E-state index in [2.05, 4.69) is 36.2 Å².